The number of nitrogens with zero attached hydrogens (tertiary/aromatic N) is 4. The lowest BCUT2D eigenvalue weighted by Crippen LogP contribution is -2.45. The molecule has 3 heterocycles. The molecule has 0 radical (unpaired) electrons. The maximum atomic E-state index is 14.1. The monoisotopic (exact) mass is 426 g/mol. The molecule has 1 saturated heterocycles. The fourth-order valence-corrected chi connectivity index (χ4v) is 4.51. The van der Waals surface area contributed by atoms with Crippen molar-refractivity contribution >= 4 is 17.9 Å². The number of carboxylic acids is 1. The molecule has 0 saturated carbocycles. The number of carbonyl (C=O) groups is 1. The third-order valence-electron chi connectivity index (χ3n) is 6.52. The topological polar surface area (TPSA) is 80.0 Å². The van der Waals surface area contributed by atoms with Crippen molar-refractivity contribution in [2.24, 2.45) is 10.6 Å². The van der Waals surface area contributed by atoms with E-state index in [2.05, 4.69) is 21.7 Å². The maximum absolute atomic E-state index is 14.1. The van der Waals surface area contributed by atoms with Crippen molar-refractivity contribution in [1.29, 1.82) is 0 Å². The van der Waals surface area contributed by atoms with Crippen molar-refractivity contribution in [2.45, 2.75) is 45.3 Å². The number of likely N-dealkylation sites (tertiary alicyclic amines) is 1. The first-order valence-corrected chi connectivity index (χ1v) is 10.5. The van der Waals surface area contributed by atoms with Crippen LogP contribution in [0.3, 0.4) is 0 Å². The van der Waals surface area contributed by atoms with Crippen LogP contribution >= 0.6 is 0 Å². The van der Waals surface area contributed by atoms with Crippen molar-refractivity contribution < 1.29 is 19.1 Å². The fourth-order valence-electron chi connectivity index (χ4n) is 4.51. The van der Waals surface area contributed by atoms with Gasteiger partial charge in [0.05, 0.1) is 17.3 Å². The normalized spacial score (nSPS) is 20.8. The number of aromatic nitrogens is 2. The molecule has 1 aromatic carbocycles. The van der Waals surface area contributed by atoms with Gasteiger partial charge in [0.2, 0.25) is 0 Å². The summed E-state index contributed by atoms with van der Waals surface area (Å²) in [4.78, 5) is 20.0. The Morgan fingerprint density at radius 2 is 2.13 bits per heavy atom. The molecule has 164 valence electrons. The standard InChI is InChI=1S/C23H27FN4O3/c1-3-28-16(2)17(14-25-28)15-27-10-8-23(9-11-27,22(29)30)13-18-12-21(26-31-18)19-6-4-5-7-20(19)24/h3-7,14,18H,1,8-13,15H2,2H3,(H,29,30)/t18-/m0/s1. The third kappa shape index (κ3) is 4.25. The summed E-state index contributed by atoms with van der Waals surface area (Å²) in [5.41, 5.74) is 2.25. The van der Waals surface area contributed by atoms with Crippen molar-refractivity contribution in [1.82, 2.24) is 14.7 Å². The summed E-state index contributed by atoms with van der Waals surface area (Å²) in [5.74, 6) is -1.15. The minimum absolute atomic E-state index is 0.346. The Morgan fingerprint density at radius 1 is 1.39 bits per heavy atom. The molecule has 31 heavy (non-hydrogen) atoms. The Labute approximate surface area is 180 Å². The van der Waals surface area contributed by atoms with Crippen LogP contribution in [-0.2, 0) is 16.2 Å². The SMILES string of the molecule is C=Cn1ncc(CN2CCC(C[C@@H]3CC(c4ccccc4F)=NO3)(C(=O)O)CC2)c1C. The molecule has 2 aliphatic heterocycles. The Balaban J connectivity index is 1.37. The highest BCUT2D eigenvalue weighted by atomic mass is 19.1. The number of hydrogen-bond donors (Lipinski definition) is 1. The zero-order valence-electron chi connectivity index (χ0n) is 17.6. The highest BCUT2D eigenvalue weighted by Gasteiger charge is 2.45. The van der Waals surface area contributed by atoms with E-state index < -0.39 is 11.4 Å². The van der Waals surface area contributed by atoms with E-state index in [-0.39, 0.29) is 11.9 Å². The van der Waals surface area contributed by atoms with Gasteiger partial charge in [-0.3, -0.25) is 9.69 Å². The van der Waals surface area contributed by atoms with Gasteiger partial charge in [-0.1, -0.05) is 29.9 Å². The molecule has 0 spiro atoms. The van der Waals surface area contributed by atoms with E-state index in [1.165, 1.54) is 6.07 Å². The Hall–Kier alpha value is -3.00. The molecule has 0 bridgehead atoms. The Morgan fingerprint density at radius 3 is 2.77 bits per heavy atom. The van der Waals surface area contributed by atoms with E-state index >= 15 is 0 Å². The van der Waals surface area contributed by atoms with Gasteiger partial charge in [-0.15, -0.1) is 0 Å². The van der Waals surface area contributed by atoms with Crippen LogP contribution in [0.5, 0.6) is 0 Å². The molecule has 0 aliphatic carbocycles. The zero-order chi connectivity index (χ0) is 22.0. The second-order valence-corrected chi connectivity index (χ2v) is 8.40. The lowest BCUT2D eigenvalue weighted by Gasteiger charge is -2.39. The summed E-state index contributed by atoms with van der Waals surface area (Å²) in [6.45, 7) is 7.84. The number of piperidine rings is 1. The molecule has 0 amide bonds. The minimum atomic E-state index is -0.859. The van der Waals surface area contributed by atoms with E-state index in [0.717, 1.165) is 17.8 Å². The first kappa shape index (κ1) is 21.2. The second kappa shape index (κ2) is 8.63. The summed E-state index contributed by atoms with van der Waals surface area (Å²) in [5, 5.41) is 18.4. The number of carboxylic acid groups (broad SMARTS) is 1. The predicted molar refractivity (Wildman–Crippen MR) is 115 cm³/mol. The van der Waals surface area contributed by atoms with Gasteiger partial charge in [-0.2, -0.15) is 5.10 Å². The molecular weight excluding hydrogens is 399 g/mol. The summed E-state index contributed by atoms with van der Waals surface area (Å²) in [6.07, 6.45) is 5.00. The molecule has 0 unspecified atom stereocenters. The van der Waals surface area contributed by atoms with Gasteiger partial charge in [0.15, 0.2) is 0 Å². The Kier molecular flexibility index (Phi) is 5.91. The van der Waals surface area contributed by atoms with Gasteiger partial charge in [0.25, 0.3) is 0 Å². The molecule has 1 fully saturated rings. The number of oxime groups is 1. The molecule has 7 nitrogen and oxygen atoms in total. The smallest absolute Gasteiger partial charge is 0.309 e. The van der Waals surface area contributed by atoms with Gasteiger partial charge in [-0.25, -0.2) is 9.07 Å². The van der Waals surface area contributed by atoms with Crippen molar-refractivity contribution in [2.75, 3.05) is 13.1 Å². The first-order valence-electron chi connectivity index (χ1n) is 10.5. The quantitative estimate of drug-likeness (QED) is 0.731. The second-order valence-electron chi connectivity index (χ2n) is 8.40. The van der Waals surface area contributed by atoms with E-state index in [4.69, 9.17) is 4.84 Å². The molecule has 1 aromatic heterocycles. The molecule has 1 N–H and O–H groups in total. The molecular formula is C23H27FN4O3. The molecule has 2 aliphatic rings. The van der Waals surface area contributed by atoms with Crippen LogP contribution in [0.25, 0.3) is 6.20 Å². The van der Waals surface area contributed by atoms with Crippen molar-refractivity contribution in [3.05, 3.63) is 59.7 Å². The minimum Gasteiger partial charge on any atom is -0.481 e. The van der Waals surface area contributed by atoms with Crippen LogP contribution in [0.4, 0.5) is 4.39 Å². The van der Waals surface area contributed by atoms with E-state index in [1.807, 2.05) is 13.1 Å². The highest BCUT2D eigenvalue weighted by Crippen LogP contribution is 2.39. The number of halogens is 1. The van der Waals surface area contributed by atoms with Gasteiger partial charge < -0.3 is 9.94 Å². The average molecular weight is 426 g/mol. The van der Waals surface area contributed by atoms with E-state index in [0.29, 0.717) is 50.0 Å². The Bertz CT molecular complexity index is 1010. The summed E-state index contributed by atoms with van der Waals surface area (Å²) in [7, 11) is 0. The first-order chi connectivity index (χ1) is 14.9. The van der Waals surface area contributed by atoms with Gasteiger partial charge in [0.1, 0.15) is 11.9 Å². The van der Waals surface area contributed by atoms with E-state index in [1.54, 1.807) is 29.1 Å². The van der Waals surface area contributed by atoms with Crippen molar-refractivity contribution in [3.8, 4) is 0 Å². The van der Waals surface area contributed by atoms with Crippen LogP contribution in [0.2, 0.25) is 0 Å². The lowest BCUT2D eigenvalue weighted by molar-refractivity contribution is -0.155. The van der Waals surface area contributed by atoms with Crippen LogP contribution in [0, 0.1) is 18.2 Å². The zero-order valence-corrected chi connectivity index (χ0v) is 17.6. The van der Waals surface area contributed by atoms with E-state index in [9.17, 15) is 14.3 Å². The summed E-state index contributed by atoms with van der Waals surface area (Å²) >= 11 is 0. The average Bonchev–Trinajstić information content (AvgIpc) is 3.36. The predicted octanol–water partition coefficient (Wildman–Crippen LogP) is 3.68. The maximum Gasteiger partial charge on any atom is 0.309 e. The summed E-state index contributed by atoms with van der Waals surface area (Å²) in [6, 6.07) is 6.44. The number of aliphatic carboxylic acids is 1. The van der Waals surface area contributed by atoms with Gasteiger partial charge in [-0.05, 0) is 38.9 Å². The largest absolute Gasteiger partial charge is 0.481 e. The number of hydrogen-bond acceptors (Lipinski definition) is 5. The third-order valence-corrected chi connectivity index (χ3v) is 6.52. The lowest BCUT2D eigenvalue weighted by atomic mass is 9.73. The van der Waals surface area contributed by atoms with Crippen LogP contribution in [0.15, 0.2) is 42.2 Å². The number of benzene rings is 1. The molecule has 1 atom stereocenters. The molecule has 2 aromatic rings. The highest BCUT2D eigenvalue weighted by molar-refractivity contribution is 6.01. The van der Waals surface area contributed by atoms with Crippen LogP contribution in [0.1, 0.15) is 42.5 Å². The molecule has 4 rings (SSSR count). The van der Waals surface area contributed by atoms with Gasteiger partial charge >= 0.3 is 5.97 Å². The number of rotatable bonds is 7. The summed E-state index contributed by atoms with van der Waals surface area (Å²) < 4.78 is 15.8. The fraction of sp³-hybridized carbons (Fsp3) is 0.435. The van der Waals surface area contributed by atoms with Crippen LogP contribution in [-0.4, -0.2) is 50.7 Å². The van der Waals surface area contributed by atoms with Crippen molar-refractivity contribution in [3.63, 3.8) is 0 Å². The molecule has 8 heteroatoms. The van der Waals surface area contributed by atoms with Gasteiger partial charge in [0, 0.05) is 42.4 Å². The van der Waals surface area contributed by atoms with Crippen LogP contribution < -0.4 is 0 Å².